The van der Waals surface area contributed by atoms with Crippen LogP contribution in [0, 0.1) is 0 Å². The summed E-state index contributed by atoms with van der Waals surface area (Å²) >= 11 is 3.56. The molecule has 0 spiro atoms. The Labute approximate surface area is 194 Å². The standard InChI is InChI=1S/C24H46O4S2/c1-3-5-7-9-11-13-17-27-23(25)15-19-29-21-22-30-20-16-24(26)28-18-14-12-10-8-6-4-2/h3-22H2,1-2H3. The van der Waals surface area contributed by atoms with Gasteiger partial charge in [-0.1, -0.05) is 78.1 Å². The predicted octanol–water partition coefficient (Wildman–Crippen LogP) is 7.04. The molecule has 178 valence electrons. The highest BCUT2D eigenvalue weighted by atomic mass is 32.2. The molecule has 0 aliphatic rings. The summed E-state index contributed by atoms with van der Waals surface area (Å²) in [5, 5.41) is 0. The number of rotatable bonds is 23. The number of hydrogen-bond acceptors (Lipinski definition) is 6. The van der Waals surface area contributed by atoms with Crippen LogP contribution in [-0.4, -0.2) is 48.2 Å². The van der Waals surface area contributed by atoms with E-state index < -0.39 is 0 Å². The Kier molecular flexibility index (Phi) is 24.6. The van der Waals surface area contributed by atoms with Crippen LogP contribution in [0.4, 0.5) is 0 Å². The van der Waals surface area contributed by atoms with E-state index in [9.17, 15) is 9.59 Å². The molecule has 30 heavy (non-hydrogen) atoms. The van der Waals surface area contributed by atoms with Gasteiger partial charge in [0.2, 0.25) is 0 Å². The van der Waals surface area contributed by atoms with Crippen LogP contribution in [0.5, 0.6) is 0 Å². The molecule has 0 saturated carbocycles. The lowest BCUT2D eigenvalue weighted by Crippen LogP contribution is -2.08. The van der Waals surface area contributed by atoms with Crippen LogP contribution in [0.25, 0.3) is 0 Å². The molecule has 0 aliphatic carbocycles. The smallest absolute Gasteiger partial charge is 0.306 e. The normalized spacial score (nSPS) is 10.9. The van der Waals surface area contributed by atoms with E-state index in [2.05, 4.69) is 13.8 Å². The Balaban J connectivity index is 3.25. The van der Waals surface area contributed by atoms with Gasteiger partial charge in [-0.25, -0.2) is 0 Å². The molecule has 0 aromatic heterocycles. The molecule has 0 aliphatic heterocycles. The van der Waals surface area contributed by atoms with Gasteiger partial charge >= 0.3 is 11.9 Å². The van der Waals surface area contributed by atoms with Crippen molar-refractivity contribution in [3.8, 4) is 0 Å². The summed E-state index contributed by atoms with van der Waals surface area (Å²) in [6, 6.07) is 0. The van der Waals surface area contributed by atoms with Crippen LogP contribution in [0.3, 0.4) is 0 Å². The molecule has 0 rings (SSSR count). The summed E-state index contributed by atoms with van der Waals surface area (Å²) < 4.78 is 10.6. The van der Waals surface area contributed by atoms with Crippen molar-refractivity contribution < 1.29 is 19.1 Å². The second kappa shape index (κ2) is 24.9. The second-order valence-electron chi connectivity index (χ2n) is 7.70. The zero-order valence-corrected chi connectivity index (χ0v) is 21.2. The zero-order valence-electron chi connectivity index (χ0n) is 19.6. The highest BCUT2D eigenvalue weighted by molar-refractivity contribution is 8.02. The van der Waals surface area contributed by atoms with Gasteiger partial charge in [-0.15, -0.1) is 0 Å². The second-order valence-corrected chi connectivity index (χ2v) is 10.2. The fourth-order valence-corrected chi connectivity index (χ4v) is 4.89. The van der Waals surface area contributed by atoms with Gasteiger partial charge in [-0.2, -0.15) is 23.5 Å². The van der Waals surface area contributed by atoms with E-state index in [1.807, 2.05) is 0 Å². The molecule has 0 aromatic carbocycles. The van der Waals surface area contributed by atoms with Gasteiger partial charge in [0.25, 0.3) is 0 Å². The number of hydrogen-bond donors (Lipinski definition) is 0. The van der Waals surface area contributed by atoms with Crippen molar-refractivity contribution in [2.75, 3.05) is 36.2 Å². The predicted molar refractivity (Wildman–Crippen MR) is 133 cm³/mol. The van der Waals surface area contributed by atoms with E-state index in [1.165, 1.54) is 51.4 Å². The molecule has 6 heteroatoms. The zero-order chi connectivity index (χ0) is 22.1. The minimum atomic E-state index is -0.0724. The molecule has 0 unspecified atom stereocenters. The number of carbonyl (C=O) groups excluding carboxylic acids is 2. The molecule has 0 radical (unpaired) electrons. The summed E-state index contributed by atoms with van der Waals surface area (Å²) in [7, 11) is 0. The number of esters is 2. The van der Waals surface area contributed by atoms with Crippen molar-refractivity contribution in [1.82, 2.24) is 0 Å². The molecule has 0 saturated heterocycles. The SMILES string of the molecule is CCCCCCCCOC(=O)CCSCCSCCC(=O)OCCCCCCCC. The van der Waals surface area contributed by atoms with Crippen molar-refractivity contribution in [3.63, 3.8) is 0 Å². The van der Waals surface area contributed by atoms with Gasteiger partial charge in [-0.3, -0.25) is 9.59 Å². The molecular formula is C24H46O4S2. The minimum absolute atomic E-state index is 0.0724. The van der Waals surface area contributed by atoms with E-state index in [1.54, 1.807) is 23.5 Å². The van der Waals surface area contributed by atoms with E-state index >= 15 is 0 Å². The number of carbonyl (C=O) groups is 2. The first kappa shape index (κ1) is 29.6. The van der Waals surface area contributed by atoms with E-state index in [4.69, 9.17) is 9.47 Å². The summed E-state index contributed by atoms with van der Waals surface area (Å²) in [4.78, 5) is 23.3. The van der Waals surface area contributed by atoms with Gasteiger partial charge in [0.15, 0.2) is 0 Å². The molecule has 0 N–H and O–H groups in total. The van der Waals surface area contributed by atoms with Crippen molar-refractivity contribution in [1.29, 1.82) is 0 Å². The third kappa shape index (κ3) is 23.9. The molecule has 0 aromatic rings. The Morgan fingerprint density at radius 2 is 0.900 bits per heavy atom. The van der Waals surface area contributed by atoms with Crippen molar-refractivity contribution >= 4 is 35.5 Å². The third-order valence-electron chi connectivity index (χ3n) is 4.79. The van der Waals surface area contributed by atoms with Crippen LogP contribution in [-0.2, 0) is 19.1 Å². The quantitative estimate of drug-likeness (QED) is 0.120. The summed E-state index contributed by atoms with van der Waals surface area (Å²) in [6.45, 7) is 5.57. The monoisotopic (exact) mass is 462 g/mol. The Morgan fingerprint density at radius 3 is 1.30 bits per heavy atom. The van der Waals surface area contributed by atoms with Crippen molar-refractivity contribution in [3.05, 3.63) is 0 Å². The molecule has 0 fully saturated rings. The summed E-state index contributed by atoms with van der Waals surface area (Å²) in [5.41, 5.74) is 0. The van der Waals surface area contributed by atoms with Gasteiger partial charge < -0.3 is 9.47 Å². The lowest BCUT2D eigenvalue weighted by Gasteiger charge is -2.06. The van der Waals surface area contributed by atoms with E-state index in [0.717, 1.165) is 48.7 Å². The van der Waals surface area contributed by atoms with Crippen molar-refractivity contribution in [2.45, 2.75) is 104 Å². The fourth-order valence-electron chi connectivity index (χ4n) is 2.91. The molecular weight excluding hydrogens is 416 g/mol. The lowest BCUT2D eigenvalue weighted by atomic mass is 10.1. The first-order chi connectivity index (χ1) is 14.7. The maximum atomic E-state index is 11.7. The molecule has 0 heterocycles. The lowest BCUT2D eigenvalue weighted by molar-refractivity contribution is -0.144. The van der Waals surface area contributed by atoms with Crippen LogP contribution in [0.2, 0.25) is 0 Å². The maximum absolute atomic E-state index is 11.7. The van der Waals surface area contributed by atoms with E-state index in [-0.39, 0.29) is 11.9 Å². The summed E-state index contributed by atoms with van der Waals surface area (Å²) in [5.74, 6) is 3.49. The van der Waals surface area contributed by atoms with Crippen LogP contribution < -0.4 is 0 Å². The number of unbranched alkanes of at least 4 members (excludes halogenated alkanes) is 10. The number of thioether (sulfide) groups is 2. The van der Waals surface area contributed by atoms with Gasteiger partial charge in [0.1, 0.15) is 0 Å². The average Bonchev–Trinajstić information content (AvgIpc) is 2.74. The van der Waals surface area contributed by atoms with Gasteiger partial charge in [0.05, 0.1) is 26.1 Å². The van der Waals surface area contributed by atoms with Crippen LogP contribution >= 0.6 is 23.5 Å². The molecule has 0 amide bonds. The molecule has 4 nitrogen and oxygen atoms in total. The first-order valence-corrected chi connectivity index (χ1v) is 14.5. The fraction of sp³-hybridized carbons (Fsp3) is 0.917. The van der Waals surface area contributed by atoms with E-state index in [0.29, 0.717) is 26.1 Å². The molecule has 0 atom stereocenters. The Hall–Kier alpha value is -0.360. The van der Waals surface area contributed by atoms with Crippen LogP contribution in [0.1, 0.15) is 104 Å². The average molecular weight is 463 g/mol. The Morgan fingerprint density at radius 1 is 0.533 bits per heavy atom. The van der Waals surface area contributed by atoms with Gasteiger partial charge in [0, 0.05) is 23.0 Å². The van der Waals surface area contributed by atoms with Gasteiger partial charge in [-0.05, 0) is 12.8 Å². The summed E-state index contributed by atoms with van der Waals surface area (Å²) in [6.07, 6.45) is 15.5. The first-order valence-electron chi connectivity index (χ1n) is 12.2. The Bertz CT molecular complexity index is 355. The third-order valence-corrected chi connectivity index (χ3v) is 7.02. The van der Waals surface area contributed by atoms with Crippen LogP contribution in [0.15, 0.2) is 0 Å². The van der Waals surface area contributed by atoms with Crippen molar-refractivity contribution in [2.24, 2.45) is 0 Å². The largest absolute Gasteiger partial charge is 0.466 e. The topological polar surface area (TPSA) is 52.6 Å². The minimum Gasteiger partial charge on any atom is -0.466 e. The highest BCUT2D eigenvalue weighted by Gasteiger charge is 2.04. The number of ether oxygens (including phenoxy) is 2. The maximum Gasteiger partial charge on any atom is 0.306 e. The molecule has 0 bridgehead atoms. The highest BCUT2D eigenvalue weighted by Crippen LogP contribution is 2.11.